The second-order valence-electron chi connectivity index (χ2n) is 6.47. The molecule has 0 unspecified atom stereocenters. The van der Waals surface area contributed by atoms with Gasteiger partial charge in [-0.15, -0.1) is 11.3 Å². The van der Waals surface area contributed by atoms with E-state index in [-0.39, 0.29) is 5.91 Å². The van der Waals surface area contributed by atoms with Gasteiger partial charge in [0.05, 0.1) is 5.69 Å². The number of thiazole rings is 1. The van der Waals surface area contributed by atoms with E-state index in [1.807, 2.05) is 60.0 Å². The molecule has 1 aromatic heterocycles. The van der Waals surface area contributed by atoms with Crippen molar-refractivity contribution in [2.75, 3.05) is 5.32 Å². The summed E-state index contributed by atoms with van der Waals surface area (Å²) in [6.07, 6.45) is 3.10. The summed E-state index contributed by atoms with van der Waals surface area (Å²) in [7, 11) is 0. The van der Waals surface area contributed by atoms with Crippen molar-refractivity contribution in [3.63, 3.8) is 0 Å². The monoisotopic (exact) mass is 450 g/mol. The van der Waals surface area contributed by atoms with Crippen LogP contribution in [0.5, 0.6) is 0 Å². The molecular weight excluding hydrogens is 435 g/mol. The Morgan fingerprint density at radius 1 is 0.933 bits per heavy atom. The quantitative estimate of drug-likeness (QED) is 0.321. The van der Waals surface area contributed by atoms with Crippen molar-refractivity contribution < 1.29 is 4.79 Å². The van der Waals surface area contributed by atoms with E-state index >= 15 is 0 Å². The Bertz CT molecular complexity index is 1200. The van der Waals surface area contributed by atoms with Crippen molar-refractivity contribution in [2.45, 2.75) is 0 Å². The Kier molecular flexibility index (Phi) is 6.29. The number of nitrogens with zero attached hydrogens (tertiary/aromatic N) is 1. The van der Waals surface area contributed by atoms with Crippen molar-refractivity contribution in [2.24, 2.45) is 0 Å². The Labute approximate surface area is 188 Å². The molecule has 4 aromatic rings. The van der Waals surface area contributed by atoms with E-state index in [0.717, 1.165) is 27.4 Å². The van der Waals surface area contributed by atoms with Gasteiger partial charge in [0, 0.05) is 38.3 Å². The number of hydrogen-bond donors (Lipinski definition) is 1. The van der Waals surface area contributed by atoms with Gasteiger partial charge >= 0.3 is 0 Å². The van der Waals surface area contributed by atoms with Crippen LogP contribution in [0.15, 0.2) is 84.3 Å². The average Bonchev–Trinajstić information content (AvgIpc) is 3.25. The number of carbonyl (C=O) groups excluding carboxylic acids is 1. The molecule has 0 saturated carbocycles. The van der Waals surface area contributed by atoms with Gasteiger partial charge in [-0.05, 0) is 35.9 Å². The van der Waals surface area contributed by atoms with Crippen LogP contribution < -0.4 is 5.32 Å². The van der Waals surface area contributed by atoms with Crippen molar-refractivity contribution in [1.29, 1.82) is 0 Å². The summed E-state index contributed by atoms with van der Waals surface area (Å²) in [5, 5.41) is 6.90. The van der Waals surface area contributed by atoms with Gasteiger partial charge in [0.25, 0.3) is 0 Å². The second-order valence-corrected chi connectivity index (χ2v) is 8.17. The number of halogens is 2. The molecule has 1 amide bonds. The third-order valence-corrected chi connectivity index (χ3v) is 5.80. The number of anilines is 1. The molecule has 3 aromatic carbocycles. The van der Waals surface area contributed by atoms with E-state index in [4.69, 9.17) is 28.2 Å². The first-order valence-electron chi connectivity index (χ1n) is 9.14. The lowest BCUT2D eigenvalue weighted by atomic mass is 10.1. The van der Waals surface area contributed by atoms with Gasteiger partial charge in [0.2, 0.25) is 5.91 Å². The zero-order valence-electron chi connectivity index (χ0n) is 15.7. The Morgan fingerprint density at radius 3 is 2.43 bits per heavy atom. The fraction of sp³-hybridized carbons (Fsp3) is 0. The third kappa shape index (κ3) is 4.97. The number of benzene rings is 3. The molecule has 0 radical (unpaired) electrons. The third-order valence-electron chi connectivity index (χ3n) is 4.35. The minimum atomic E-state index is -0.242. The Balaban J connectivity index is 1.42. The first-order chi connectivity index (χ1) is 14.6. The SMILES string of the molecule is O=C(/C=C/c1ccc(Cl)cc1Cl)Nc1ccc(-c2csc(-c3ccccc3)n2)cc1. The normalized spacial score (nSPS) is 11.0. The molecule has 0 aliphatic carbocycles. The molecule has 0 aliphatic heterocycles. The first-order valence-corrected chi connectivity index (χ1v) is 10.8. The molecule has 0 spiro atoms. The lowest BCUT2D eigenvalue weighted by Gasteiger charge is -2.04. The summed E-state index contributed by atoms with van der Waals surface area (Å²) in [5.74, 6) is -0.242. The molecule has 30 heavy (non-hydrogen) atoms. The molecule has 148 valence electrons. The molecule has 1 heterocycles. The van der Waals surface area contributed by atoms with Gasteiger partial charge in [-0.2, -0.15) is 0 Å². The predicted octanol–water partition coefficient (Wildman–Crippen LogP) is 7.44. The van der Waals surface area contributed by atoms with Crippen LogP contribution in [0.1, 0.15) is 5.56 Å². The topological polar surface area (TPSA) is 42.0 Å². The fourth-order valence-corrected chi connectivity index (χ4v) is 4.14. The average molecular weight is 451 g/mol. The molecular formula is C24H16Cl2N2OS. The van der Waals surface area contributed by atoms with Crippen molar-refractivity contribution in [3.8, 4) is 21.8 Å². The number of nitrogens with one attached hydrogen (secondary N) is 1. The number of rotatable bonds is 5. The minimum Gasteiger partial charge on any atom is -0.323 e. The zero-order valence-corrected chi connectivity index (χ0v) is 18.0. The number of hydrogen-bond acceptors (Lipinski definition) is 3. The van der Waals surface area contributed by atoms with Crippen LogP contribution in [0.25, 0.3) is 27.9 Å². The van der Waals surface area contributed by atoms with E-state index in [9.17, 15) is 4.79 Å². The summed E-state index contributed by atoms with van der Waals surface area (Å²) >= 11 is 13.6. The number of aromatic nitrogens is 1. The fourth-order valence-electron chi connectivity index (χ4n) is 2.83. The van der Waals surface area contributed by atoms with E-state index in [2.05, 4.69) is 5.32 Å². The van der Waals surface area contributed by atoms with E-state index in [0.29, 0.717) is 15.7 Å². The predicted molar refractivity (Wildman–Crippen MR) is 127 cm³/mol. The summed E-state index contributed by atoms with van der Waals surface area (Å²) in [6, 6.07) is 22.8. The summed E-state index contributed by atoms with van der Waals surface area (Å²) in [5.41, 5.74) is 4.44. The molecule has 6 heteroatoms. The lowest BCUT2D eigenvalue weighted by Crippen LogP contribution is -2.07. The van der Waals surface area contributed by atoms with Crippen molar-refractivity contribution >= 4 is 52.2 Å². The molecule has 0 saturated heterocycles. The highest BCUT2D eigenvalue weighted by Crippen LogP contribution is 2.29. The summed E-state index contributed by atoms with van der Waals surface area (Å²) < 4.78 is 0. The maximum absolute atomic E-state index is 12.2. The zero-order chi connectivity index (χ0) is 20.9. The maximum Gasteiger partial charge on any atom is 0.248 e. The number of amides is 1. The first kappa shape index (κ1) is 20.4. The highest BCUT2D eigenvalue weighted by molar-refractivity contribution is 7.13. The van der Waals surface area contributed by atoms with Gasteiger partial charge in [-0.1, -0.05) is 71.7 Å². The van der Waals surface area contributed by atoms with Gasteiger partial charge in [0.1, 0.15) is 5.01 Å². The van der Waals surface area contributed by atoms with Crippen LogP contribution in [-0.2, 0) is 4.79 Å². The smallest absolute Gasteiger partial charge is 0.248 e. The molecule has 0 fully saturated rings. The number of carbonyl (C=O) groups is 1. The van der Waals surface area contributed by atoms with E-state index < -0.39 is 0 Å². The summed E-state index contributed by atoms with van der Waals surface area (Å²) in [6.45, 7) is 0. The Morgan fingerprint density at radius 2 is 1.70 bits per heavy atom. The molecule has 4 rings (SSSR count). The Hall–Kier alpha value is -2.92. The molecule has 3 nitrogen and oxygen atoms in total. The van der Waals surface area contributed by atoms with Crippen LogP contribution >= 0.6 is 34.5 Å². The highest BCUT2D eigenvalue weighted by Gasteiger charge is 2.07. The van der Waals surface area contributed by atoms with Crippen LogP contribution in [0.4, 0.5) is 5.69 Å². The van der Waals surface area contributed by atoms with Crippen LogP contribution in [0, 0.1) is 0 Å². The highest BCUT2D eigenvalue weighted by atomic mass is 35.5. The van der Waals surface area contributed by atoms with Crippen molar-refractivity contribution in [3.05, 3.63) is 99.9 Å². The second kappa shape index (κ2) is 9.26. The van der Waals surface area contributed by atoms with Crippen LogP contribution in [0.3, 0.4) is 0 Å². The molecule has 0 bridgehead atoms. The standard InChI is InChI=1S/C24H16Cl2N2OS/c25-19-10-6-16(21(26)14-19)9-13-23(29)27-20-11-7-17(8-12-20)22-15-30-24(28-22)18-4-2-1-3-5-18/h1-15H,(H,27,29)/b13-9+. The summed E-state index contributed by atoms with van der Waals surface area (Å²) in [4.78, 5) is 16.9. The van der Waals surface area contributed by atoms with Gasteiger partial charge in [-0.3, -0.25) is 4.79 Å². The minimum absolute atomic E-state index is 0.242. The van der Waals surface area contributed by atoms with E-state index in [1.54, 1.807) is 35.6 Å². The molecule has 1 N–H and O–H groups in total. The van der Waals surface area contributed by atoms with Gasteiger partial charge in [-0.25, -0.2) is 4.98 Å². The van der Waals surface area contributed by atoms with Gasteiger partial charge < -0.3 is 5.32 Å². The largest absolute Gasteiger partial charge is 0.323 e. The molecule has 0 atom stereocenters. The van der Waals surface area contributed by atoms with Crippen LogP contribution in [0.2, 0.25) is 10.0 Å². The van der Waals surface area contributed by atoms with Gasteiger partial charge in [0.15, 0.2) is 0 Å². The maximum atomic E-state index is 12.2. The van der Waals surface area contributed by atoms with Crippen LogP contribution in [-0.4, -0.2) is 10.9 Å². The van der Waals surface area contributed by atoms with Crippen molar-refractivity contribution in [1.82, 2.24) is 4.98 Å². The molecule has 0 aliphatic rings. The van der Waals surface area contributed by atoms with E-state index in [1.165, 1.54) is 6.08 Å². The lowest BCUT2D eigenvalue weighted by molar-refractivity contribution is -0.111.